The molecule has 1 unspecified atom stereocenters. The van der Waals surface area contributed by atoms with Crippen LogP contribution in [0.3, 0.4) is 0 Å². The Hall–Kier alpha value is -0.170. The Morgan fingerprint density at radius 3 is 2.53 bits per heavy atom. The lowest BCUT2D eigenvalue weighted by Gasteiger charge is -2.29. The van der Waals surface area contributed by atoms with Gasteiger partial charge in [-0.2, -0.15) is 17.0 Å². The first-order chi connectivity index (χ1) is 8.07. The second-order valence-corrected chi connectivity index (χ2v) is 6.31. The molecule has 0 radical (unpaired) electrons. The van der Waals surface area contributed by atoms with Crippen LogP contribution in [0.2, 0.25) is 0 Å². The molecule has 2 N–H and O–H groups in total. The quantitative estimate of drug-likeness (QED) is 0.738. The van der Waals surface area contributed by atoms with Crippen molar-refractivity contribution in [1.82, 2.24) is 8.61 Å². The molecule has 1 rings (SSSR count). The summed E-state index contributed by atoms with van der Waals surface area (Å²) in [5, 5.41) is 0. The minimum Gasteiger partial charge on any atom is -0.330 e. The summed E-state index contributed by atoms with van der Waals surface area (Å²) in [6.07, 6.45) is 3.72. The van der Waals surface area contributed by atoms with E-state index in [2.05, 4.69) is 0 Å². The molecule has 1 heterocycles. The van der Waals surface area contributed by atoms with Gasteiger partial charge in [-0.15, -0.1) is 0 Å². The molecule has 0 bridgehead atoms. The van der Waals surface area contributed by atoms with Gasteiger partial charge >= 0.3 is 0 Å². The van der Waals surface area contributed by atoms with Crippen LogP contribution in [0.5, 0.6) is 0 Å². The zero-order chi connectivity index (χ0) is 12.9. The molecule has 1 aliphatic rings. The highest BCUT2D eigenvalue weighted by molar-refractivity contribution is 7.86. The highest BCUT2D eigenvalue weighted by Gasteiger charge is 2.36. The first-order valence-electron chi connectivity index (χ1n) is 6.54. The maximum absolute atomic E-state index is 12.4. The number of nitrogens with zero attached hydrogens (tertiary/aromatic N) is 2. The highest BCUT2D eigenvalue weighted by atomic mass is 32.2. The Morgan fingerprint density at radius 1 is 1.35 bits per heavy atom. The molecule has 1 atom stereocenters. The minimum absolute atomic E-state index is 0.157. The Labute approximate surface area is 105 Å². The largest absolute Gasteiger partial charge is 0.330 e. The van der Waals surface area contributed by atoms with Crippen LogP contribution in [-0.2, 0) is 10.2 Å². The molecule has 102 valence electrons. The summed E-state index contributed by atoms with van der Waals surface area (Å²) in [4.78, 5) is 0. The first-order valence-corrected chi connectivity index (χ1v) is 7.94. The lowest BCUT2D eigenvalue weighted by molar-refractivity contribution is 0.322. The van der Waals surface area contributed by atoms with Crippen LogP contribution < -0.4 is 5.73 Å². The fraction of sp³-hybridized carbons (Fsp3) is 1.00. The van der Waals surface area contributed by atoms with Crippen molar-refractivity contribution >= 4 is 10.2 Å². The summed E-state index contributed by atoms with van der Waals surface area (Å²) in [5.41, 5.74) is 5.49. The topological polar surface area (TPSA) is 66.6 Å². The molecule has 1 fully saturated rings. The summed E-state index contributed by atoms with van der Waals surface area (Å²) in [6.45, 7) is 6.14. The summed E-state index contributed by atoms with van der Waals surface area (Å²) in [6, 6.07) is 0.157. The summed E-state index contributed by atoms with van der Waals surface area (Å²) in [5.74, 6) is 0. The molecular formula is C11H25N3O2S. The number of nitrogens with two attached hydrogens (primary N) is 1. The number of hydrogen-bond donors (Lipinski definition) is 1. The predicted molar refractivity (Wildman–Crippen MR) is 69.9 cm³/mol. The van der Waals surface area contributed by atoms with Gasteiger partial charge in [-0.25, -0.2) is 0 Å². The van der Waals surface area contributed by atoms with E-state index in [1.165, 1.54) is 4.31 Å². The third kappa shape index (κ3) is 3.40. The molecule has 17 heavy (non-hydrogen) atoms. The van der Waals surface area contributed by atoms with Gasteiger partial charge in [0, 0.05) is 25.7 Å². The lowest BCUT2D eigenvalue weighted by Crippen LogP contribution is -2.45. The van der Waals surface area contributed by atoms with E-state index in [1.54, 1.807) is 4.31 Å². The molecule has 0 aromatic heterocycles. The summed E-state index contributed by atoms with van der Waals surface area (Å²) >= 11 is 0. The van der Waals surface area contributed by atoms with Crippen molar-refractivity contribution in [3.8, 4) is 0 Å². The van der Waals surface area contributed by atoms with E-state index in [1.807, 2.05) is 13.8 Å². The van der Waals surface area contributed by atoms with E-state index in [-0.39, 0.29) is 6.04 Å². The van der Waals surface area contributed by atoms with Crippen LogP contribution in [-0.4, -0.2) is 49.2 Å². The van der Waals surface area contributed by atoms with Crippen molar-refractivity contribution < 1.29 is 8.42 Å². The average Bonchev–Trinajstić information content (AvgIpc) is 2.76. The lowest BCUT2D eigenvalue weighted by atomic mass is 10.1. The van der Waals surface area contributed by atoms with Gasteiger partial charge in [0.05, 0.1) is 0 Å². The van der Waals surface area contributed by atoms with Crippen molar-refractivity contribution in [1.29, 1.82) is 0 Å². The fourth-order valence-corrected chi connectivity index (χ4v) is 4.35. The maximum Gasteiger partial charge on any atom is 0.282 e. The molecule has 0 saturated carbocycles. The Balaban J connectivity index is 2.75. The molecule has 0 aromatic rings. The zero-order valence-electron chi connectivity index (χ0n) is 10.9. The Morgan fingerprint density at radius 2 is 2.00 bits per heavy atom. The van der Waals surface area contributed by atoms with E-state index in [0.29, 0.717) is 26.2 Å². The van der Waals surface area contributed by atoms with Gasteiger partial charge in [-0.3, -0.25) is 0 Å². The second kappa shape index (κ2) is 6.68. The molecular weight excluding hydrogens is 238 g/mol. The number of rotatable bonds is 7. The van der Waals surface area contributed by atoms with Crippen LogP contribution in [0.25, 0.3) is 0 Å². The van der Waals surface area contributed by atoms with Gasteiger partial charge in [-0.1, -0.05) is 13.8 Å². The molecule has 0 amide bonds. The van der Waals surface area contributed by atoms with E-state index in [0.717, 1.165) is 25.7 Å². The first kappa shape index (κ1) is 14.9. The highest BCUT2D eigenvalue weighted by Crippen LogP contribution is 2.26. The van der Waals surface area contributed by atoms with Gasteiger partial charge in [-0.05, 0) is 32.2 Å². The normalized spacial score (nSPS) is 22.5. The average molecular weight is 263 g/mol. The molecule has 0 spiro atoms. The Bertz CT molecular complexity index is 315. The van der Waals surface area contributed by atoms with E-state index >= 15 is 0 Å². The van der Waals surface area contributed by atoms with Gasteiger partial charge in [0.2, 0.25) is 0 Å². The molecule has 0 aromatic carbocycles. The van der Waals surface area contributed by atoms with Gasteiger partial charge in [0.15, 0.2) is 0 Å². The summed E-state index contributed by atoms with van der Waals surface area (Å²) in [7, 11) is -3.25. The Kier molecular flexibility index (Phi) is 5.85. The van der Waals surface area contributed by atoms with Gasteiger partial charge in [0.25, 0.3) is 10.2 Å². The van der Waals surface area contributed by atoms with E-state index in [4.69, 9.17) is 5.73 Å². The van der Waals surface area contributed by atoms with Gasteiger partial charge < -0.3 is 5.73 Å². The van der Waals surface area contributed by atoms with Crippen LogP contribution in [0, 0.1) is 0 Å². The van der Waals surface area contributed by atoms with Crippen LogP contribution in [0.15, 0.2) is 0 Å². The van der Waals surface area contributed by atoms with Crippen molar-refractivity contribution in [2.24, 2.45) is 5.73 Å². The minimum atomic E-state index is -3.25. The van der Waals surface area contributed by atoms with E-state index in [9.17, 15) is 8.42 Å². The monoisotopic (exact) mass is 263 g/mol. The molecule has 1 saturated heterocycles. The molecule has 5 nitrogen and oxygen atoms in total. The van der Waals surface area contributed by atoms with Crippen LogP contribution >= 0.6 is 0 Å². The van der Waals surface area contributed by atoms with Crippen molar-refractivity contribution in [3.05, 3.63) is 0 Å². The third-order valence-electron chi connectivity index (χ3n) is 3.39. The van der Waals surface area contributed by atoms with Crippen LogP contribution in [0.4, 0.5) is 0 Å². The predicted octanol–water partition coefficient (Wildman–Crippen LogP) is 0.776. The third-order valence-corrected chi connectivity index (χ3v) is 5.64. The molecule has 6 heteroatoms. The summed E-state index contributed by atoms with van der Waals surface area (Å²) < 4.78 is 28.0. The van der Waals surface area contributed by atoms with Crippen molar-refractivity contribution in [3.63, 3.8) is 0 Å². The van der Waals surface area contributed by atoms with Crippen LogP contribution in [0.1, 0.15) is 39.5 Å². The van der Waals surface area contributed by atoms with Gasteiger partial charge in [0.1, 0.15) is 0 Å². The maximum atomic E-state index is 12.4. The second-order valence-electron chi connectivity index (χ2n) is 4.43. The van der Waals surface area contributed by atoms with Crippen molar-refractivity contribution in [2.75, 3.05) is 26.2 Å². The standard InChI is InChI=1S/C11H25N3O2S/c1-3-13(4-2)17(15,16)14-10-6-8-11(14)7-5-9-12/h11H,3-10,12H2,1-2H3. The SMILES string of the molecule is CCN(CC)S(=O)(=O)N1CCCC1CCCN. The zero-order valence-corrected chi connectivity index (χ0v) is 11.7. The molecule has 0 aliphatic carbocycles. The molecule has 1 aliphatic heterocycles. The number of hydrogen-bond acceptors (Lipinski definition) is 3. The smallest absolute Gasteiger partial charge is 0.282 e. The fourth-order valence-electron chi connectivity index (χ4n) is 2.45. The van der Waals surface area contributed by atoms with E-state index < -0.39 is 10.2 Å². The van der Waals surface area contributed by atoms with Crippen molar-refractivity contribution in [2.45, 2.75) is 45.6 Å².